The van der Waals surface area contributed by atoms with Gasteiger partial charge in [-0.15, -0.1) is 0 Å². The lowest BCUT2D eigenvalue weighted by Gasteiger charge is -2.10. The lowest BCUT2D eigenvalue weighted by Crippen LogP contribution is -2.21. The maximum absolute atomic E-state index is 12.2. The van der Waals surface area contributed by atoms with Gasteiger partial charge in [0.25, 0.3) is 11.6 Å². The van der Waals surface area contributed by atoms with Gasteiger partial charge in [-0.2, -0.15) is 0 Å². The third-order valence-electron chi connectivity index (χ3n) is 3.60. The van der Waals surface area contributed by atoms with Crippen molar-refractivity contribution in [1.29, 1.82) is 0 Å². The number of ether oxygens (including phenoxy) is 2. The monoisotopic (exact) mass is 368 g/mol. The van der Waals surface area contributed by atoms with Gasteiger partial charge < -0.3 is 14.8 Å². The molecule has 3 aromatic rings. The predicted octanol–water partition coefficient (Wildman–Crippen LogP) is 2.95. The van der Waals surface area contributed by atoms with E-state index in [-0.39, 0.29) is 23.9 Å². The Morgan fingerprint density at radius 3 is 2.78 bits per heavy atom. The van der Waals surface area contributed by atoms with Crippen molar-refractivity contribution < 1.29 is 19.2 Å². The van der Waals surface area contributed by atoms with Gasteiger partial charge in [-0.1, -0.05) is 12.1 Å². The van der Waals surface area contributed by atoms with Gasteiger partial charge >= 0.3 is 0 Å². The zero-order valence-electron chi connectivity index (χ0n) is 14.4. The highest BCUT2D eigenvalue weighted by molar-refractivity contribution is 5.94. The van der Waals surface area contributed by atoms with E-state index in [0.29, 0.717) is 23.3 Å². The van der Waals surface area contributed by atoms with Crippen molar-refractivity contribution >= 4 is 28.2 Å². The fourth-order valence-electron chi connectivity index (χ4n) is 2.44. The number of anilines is 1. The molecule has 2 aromatic carbocycles. The zero-order valence-corrected chi connectivity index (χ0v) is 14.4. The summed E-state index contributed by atoms with van der Waals surface area (Å²) in [4.78, 5) is 31.0. The molecule has 0 aliphatic heterocycles. The van der Waals surface area contributed by atoms with Gasteiger partial charge in [0.15, 0.2) is 6.61 Å². The molecule has 0 fully saturated rings. The Balaban J connectivity index is 1.71. The van der Waals surface area contributed by atoms with Gasteiger partial charge in [-0.25, -0.2) is 9.97 Å². The maximum Gasteiger partial charge on any atom is 0.296 e. The lowest BCUT2D eigenvalue weighted by atomic mass is 10.2. The van der Waals surface area contributed by atoms with Gasteiger partial charge in [0.2, 0.25) is 5.88 Å². The number of nitro groups is 1. The minimum absolute atomic E-state index is 0.0598. The number of amides is 1. The molecular weight excluding hydrogens is 352 g/mol. The Morgan fingerprint density at radius 1 is 1.19 bits per heavy atom. The summed E-state index contributed by atoms with van der Waals surface area (Å²) in [5, 5.41) is 14.4. The molecule has 3 rings (SSSR count). The number of benzene rings is 2. The summed E-state index contributed by atoms with van der Waals surface area (Å²) in [5.41, 5.74) is 0.483. The van der Waals surface area contributed by atoms with E-state index in [1.54, 1.807) is 25.1 Å². The molecule has 0 atom stereocenters. The van der Waals surface area contributed by atoms with Crippen LogP contribution in [0.3, 0.4) is 0 Å². The lowest BCUT2D eigenvalue weighted by molar-refractivity contribution is -0.384. The Bertz CT molecular complexity index is 987. The van der Waals surface area contributed by atoms with Crippen LogP contribution >= 0.6 is 0 Å². The summed E-state index contributed by atoms with van der Waals surface area (Å²) in [6.07, 6.45) is 1.34. The van der Waals surface area contributed by atoms with Crippen molar-refractivity contribution in [2.75, 3.05) is 18.5 Å². The largest absolute Gasteiger partial charge is 0.494 e. The number of para-hydroxylation sites is 1. The normalized spacial score (nSPS) is 10.4. The molecule has 0 bridgehead atoms. The smallest absolute Gasteiger partial charge is 0.296 e. The van der Waals surface area contributed by atoms with Crippen LogP contribution in [0.1, 0.15) is 6.92 Å². The number of nitrogens with zero attached hydrogens (tertiary/aromatic N) is 3. The molecule has 1 heterocycles. The van der Waals surface area contributed by atoms with Crippen molar-refractivity contribution in [2.45, 2.75) is 6.92 Å². The number of rotatable bonds is 7. The van der Waals surface area contributed by atoms with E-state index in [1.807, 2.05) is 12.1 Å². The highest BCUT2D eigenvalue weighted by Crippen LogP contribution is 2.29. The van der Waals surface area contributed by atoms with Gasteiger partial charge in [0.1, 0.15) is 17.8 Å². The first-order valence-corrected chi connectivity index (χ1v) is 8.12. The number of aromatic nitrogens is 2. The fraction of sp³-hybridized carbons (Fsp3) is 0.167. The van der Waals surface area contributed by atoms with Crippen LogP contribution in [0.15, 0.2) is 48.8 Å². The predicted molar refractivity (Wildman–Crippen MR) is 97.9 cm³/mol. The van der Waals surface area contributed by atoms with E-state index in [0.717, 1.165) is 0 Å². The van der Waals surface area contributed by atoms with Gasteiger partial charge in [0.05, 0.1) is 28.5 Å². The van der Waals surface area contributed by atoms with Gasteiger partial charge in [-0.05, 0) is 31.2 Å². The molecule has 0 saturated carbocycles. The van der Waals surface area contributed by atoms with Crippen LogP contribution in [-0.2, 0) is 4.79 Å². The third-order valence-corrected chi connectivity index (χ3v) is 3.60. The molecule has 9 heteroatoms. The van der Waals surface area contributed by atoms with Crippen LogP contribution in [-0.4, -0.2) is 34.0 Å². The van der Waals surface area contributed by atoms with E-state index in [9.17, 15) is 14.9 Å². The van der Waals surface area contributed by atoms with Crippen LogP contribution in [0, 0.1) is 10.1 Å². The van der Waals surface area contributed by atoms with E-state index in [1.165, 1.54) is 18.5 Å². The molecule has 0 spiro atoms. The summed E-state index contributed by atoms with van der Waals surface area (Å²) in [5.74, 6) is 0.0628. The van der Waals surface area contributed by atoms with Crippen molar-refractivity contribution in [3.8, 4) is 11.6 Å². The molecule has 0 saturated heterocycles. The summed E-state index contributed by atoms with van der Waals surface area (Å²) < 4.78 is 10.7. The van der Waals surface area contributed by atoms with E-state index < -0.39 is 10.8 Å². The Hall–Kier alpha value is -3.75. The molecule has 0 aliphatic rings. The van der Waals surface area contributed by atoms with Crippen molar-refractivity contribution in [2.24, 2.45) is 0 Å². The maximum atomic E-state index is 12.2. The molecular formula is C18H16N4O5. The third kappa shape index (κ3) is 4.27. The Kier molecular flexibility index (Phi) is 5.41. The molecule has 27 heavy (non-hydrogen) atoms. The molecule has 1 aromatic heterocycles. The number of fused-ring (bicyclic) bond motifs is 1. The number of hydrogen-bond donors (Lipinski definition) is 1. The Labute approximate surface area is 154 Å². The first kappa shape index (κ1) is 18.1. The quantitative estimate of drug-likeness (QED) is 0.503. The van der Waals surface area contributed by atoms with Crippen LogP contribution in [0.2, 0.25) is 0 Å². The van der Waals surface area contributed by atoms with Gasteiger partial charge in [0, 0.05) is 0 Å². The molecule has 1 amide bonds. The number of carbonyl (C=O) groups excluding carboxylic acids is 1. The second-order valence-corrected chi connectivity index (χ2v) is 5.40. The summed E-state index contributed by atoms with van der Waals surface area (Å²) in [7, 11) is 0. The number of hydrogen-bond acceptors (Lipinski definition) is 7. The van der Waals surface area contributed by atoms with Crippen molar-refractivity contribution in [3.63, 3.8) is 0 Å². The molecule has 9 nitrogen and oxygen atoms in total. The van der Waals surface area contributed by atoms with Crippen molar-refractivity contribution in [3.05, 3.63) is 58.9 Å². The number of nitro benzene ring substituents is 1. The molecule has 0 radical (unpaired) electrons. The second kappa shape index (κ2) is 8.09. The van der Waals surface area contributed by atoms with Crippen LogP contribution in [0.25, 0.3) is 10.9 Å². The molecule has 0 unspecified atom stereocenters. The fourth-order valence-corrected chi connectivity index (χ4v) is 2.44. The highest BCUT2D eigenvalue weighted by Gasteiger charge is 2.18. The SMILES string of the molecule is CCOc1ccc(NC(=O)COc2ncnc3ccccc23)c([N+](=O)[O-])c1. The van der Waals surface area contributed by atoms with E-state index in [4.69, 9.17) is 9.47 Å². The standard InChI is InChI=1S/C18H16N4O5/c1-2-26-12-7-8-15(16(9-12)22(24)25)21-17(23)10-27-18-13-5-3-4-6-14(13)19-11-20-18/h3-9,11H,2,10H2,1H3,(H,21,23). The van der Waals surface area contributed by atoms with Gasteiger partial charge in [-0.3, -0.25) is 14.9 Å². The minimum Gasteiger partial charge on any atom is -0.494 e. The average molecular weight is 368 g/mol. The highest BCUT2D eigenvalue weighted by atomic mass is 16.6. The summed E-state index contributed by atoms with van der Waals surface area (Å²) >= 11 is 0. The summed E-state index contributed by atoms with van der Waals surface area (Å²) in [6, 6.07) is 11.4. The van der Waals surface area contributed by atoms with E-state index >= 15 is 0 Å². The second-order valence-electron chi connectivity index (χ2n) is 5.40. The van der Waals surface area contributed by atoms with Crippen LogP contribution in [0.4, 0.5) is 11.4 Å². The minimum atomic E-state index is -0.586. The zero-order chi connectivity index (χ0) is 19.2. The molecule has 138 valence electrons. The van der Waals surface area contributed by atoms with Crippen molar-refractivity contribution in [1.82, 2.24) is 9.97 Å². The molecule has 1 N–H and O–H groups in total. The number of nitrogens with one attached hydrogen (secondary N) is 1. The average Bonchev–Trinajstić information content (AvgIpc) is 2.67. The first-order chi connectivity index (χ1) is 13.1. The van der Waals surface area contributed by atoms with Crippen LogP contribution < -0.4 is 14.8 Å². The van der Waals surface area contributed by atoms with Crippen LogP contribution in [0.5, 0.6) is 11.6 Å². The Morgan fingerprint density at radius 2 is 2.00 bits per heavy atom. The van der Waals surface area contributed by atoms with E-state index in [2.05, 4.69) is 15.3 Å². The topological polar surface area (TPSA) is 116 Å². The first-order valence-electron chi connectivity index (χ1n) is 8.12. The number of carbonyl (C=O) groups is 1. The molecule has 0 aliphatic carbocycles. The summed E-state index contributed by atoms with van der Waals surface area (Å²) in [6.45, 7) is 1.80.